The predicted octanol–water partition coefficient (Wildman–Crippen LogP) is 4.40. The molecule has 2 aromatic rings. The fourth-order valence-electron chi connectivity index (χ4n) is 4.10. The van der Waals surface area contributed by atoms with E-state index in [4.69, 9.17) is 4.74 Å². The van der Waals surface area contributed by atoms with Crippen molar-refractivity contribution in [3.05, 3.63) is 48.3 Å². The second-order valence-electron chi connectivity index (χ2n) is 9.44. The molecule has 5 heteroatoms. The number of ether oxygens (including phenoxy) is 1. The van der Waals surface area contributed by atoms with Crippen LogP contribution in [0.4, 0.5) is 0 Å². The Morgan fingerprint density at radius 2 is 1.72 bits per heavy atom. The minimum atomic E-state index is -0.244. The third-order valence-corrected chi connectivity index (χ3v) is 5.95. The van der Waals surface area contributed by atoms with Crippen molar-refractivity contribution in [2.75, 3.05) is 13.1 Å². The molecule has 4 rings (SSSR count). The molecule has 0 radical (unpaired) electrons. The van der Waals surface area contributed by atoms with Crippen LogP contribution < -0.4 is 10.1 Å². The lowest BCUT2D eigenvalue weighted by atomic mass is 9.90. The number of aromatic nitrogens is 1. The topological polar surface area (TPSA) is 46.5 Å². The van der Waals surface area contributed by atoms with Crippen LogP contribution in [0.3, 0.4) is 0 Å². The van der Waals surface area contributed by atoms with Crippen LogP contribution in [0.5, 0.6) is 5.75 Å². The standard InChI is InChI=1S/C24H33N3O2/c1-24(2,3)25-23(28)18-11-14-27(17-18)20-7-9-21(10-8-20)29-22-12-15-26(16-13-22)19-5-4-6-19/h7-11,14,17,19,22H,4-6,12-13,15-16H2,1-3H3,(H,25,28). The zero-order valence-corrected chi connectivity index (χ0v) is 17.9. The highest BCUT2D eigenvalue weighted by atomic mass is 16.5. The number of likely N-dealkylation sites (tertiary alicyclic amines) is 1. The Bertz CT molecular complexity index is 823. The Morgan fingerprint density at radius 3 is 2.31 bits per heavy atom. The maximum absolute atomic E-state index is 12.3. The highest BCUT2D eigenvalue weighted by molar-refractivity contribution is 5.94. The molecule has 1 amide bonds. The largest absolute Gasteiger partial charge is 0.490 e. The van der Waals surface area contributed by atoms with Gasteiger partial charge in [-0.05, 0) is 76.8 Å². The van der Waals surface area contributed by atoms with Crippen LogP contribution in [0, 0.1) is 0 Å². The molecule has 0 bridgehead atoms. The van der Waals surface area contributed by atoms with Crippen molar-refractivity contribution in [1.82, 2.24) is 14.8 Å². The first kappa shape index (κ1) is 20.0. The summed E-state index contributed by atoms with van der Waals surface area (Å²) in [5, 5.41) is 3.00. The van der Waals surface area contributed by atoms with Crippen molar-refractivity contribution in [3.63, 3.8) is 0 Å². The van der Waals surface area contributed by atoms with E-state index in [1.165, 1.54) is 19.3 Å². The van der Waals surface area contributed by atoms with Gasteiger partial charge in [-0.3, -0.25) is 4.79 Å². The maximum Gasteiger partial charge on any atom is 0.253 e. The van der Waals surface area contributed by atoms with Gasteiger partial charge in [0.15, 0.2) is 0 Å². The van der Waals surface area contributed by atoms with Gasteiger partial charge in [-0.25, -0.2) is 0 Å². The van der Waals surface area contributed by atoms with Crippen LogP contribution in [0.1, 0.15) is 63.2 Å². The molecule has 0 atom stereocenters. The van der Waals surface area contributed by atoms with Gasteiger partial charge in [0.25, 0.3) is 5.91 Å². The van der Waals surface area contributed by atoms with Crippen molar-refractivity contribution >= 4 is 5.91 Å². The zero-order chi connectivity index (χ0) is 20.4. The lowest BCUT2D eigenvalue weighted by molar-refractivity contribution is 0.0493. The van der Waals surface area contributed by atoms with Crippen LogP contribution >= 0.6 is 0 Å². The van der Waals surface area contributed by atoms with E-state index in [0.717, 1.165) is 43.4 Å². The molecule has 156 valence electrons. The molecule has 1 N–H and O–H groups in total. The van der Waals surface area contributed by atoms with E-state index in [9.17, 15) is 4.79 Å². The highest BCUT2D eigenvalue weighted by Crippen LogP contribution is 2.28. The minimum Gasteiger partial charge on any atom is -0.490 e. The van der Waals surface area contributed by atoms with E-state index >= 15 is 0 Å². The molecule has 29 heavy (non-hydrogen) atoms. The van der Waals surface area contributed by atoms with Gasteiger partial charge >= 0.3 is 0 Å². The van der Waals surface area contributed by atoms with Crippen LogP contribution in [0.2, 0.25) is 0 Å². The average Bonchev–Trinajstić information content (AvgIpc) is 3.11. The summed E-state index contributed by atoms with van der Waals surface area (Å²) in [6.45, 7) is 8.28. The van der Waals surface area contributed by atoms with Crippen LogP contribution in [0.25, 0.3) is 5.69 Å². The number of hydrogen-bond donors (Lipinski definition) is 1. The van der Waals surface area contributed by atoms with E-state index in [1.807, 2.05) is 68.1 Å². The van der Waals surface area contributed by atoms with Crippen molar-refractivity contribution in [3.8, 4) is 11.4 Å². The van der Waals surface area contributed by atoms with Gasteiger partial charge < -0.3 is 19.5 Å². The van der Waals surface area contributed by atoms with E-state index in [1.54, 1.807) is 0 Å². The average molecular weight is 396 g/mol. The summed E-state index contributed by atoms with van der Waals surface area (Å²) in [7, 11) is 0. The maximum atomic E-state index is 12.3. The Morgan fingerprint density at radius 1 is 1.03 bits per heavy atom. The number of hydrogen-bond acceptors (Lipinski definition) is 3. The normalized spacial score (nSPS) is 19.0. The number of amides is 1. The fraction of sp³-hybridized carbons (Fsp3) is 0.542. The van der Waals surface area contributed by atoms with Gasteiger partial charge in [0.1, 0.15) is 11.9 Å². The molecule has 1 saturated heterocycles. The molecule has 2 fully saturated rings. The van der Waals surface area contributed by atoms with E-state index in [-0.39, 0.29) is 11.4 Å². The Balaban J connectivity index is 1.32. The van der Waals surface area contributed by atoms with Crippen molar-refractivity contribution < 1.29 is 9.53 Å². The number of carbonyl (C=O) groups is 1. The summed E-state index contributed by atoms with van der Waals surface area (Å²) in [4.78, 5) is 15.0. The summed E-state index contributed by atoms with van der Waals surface area (Å²) < 4.78 is 8.19. The second-order valence-corrected chi connectivity index (χ2v) is 9.44. The third-order valence-electron chi connectivity index (χ3n) is 5.95. The van der Waals surface area contributed by atoms with E-state index < -0.39 is 0 Å². The second kappa shape index (κ2) is 8.23. The smallest absolute Gasteiger partial charge is 0.253 e. The summed E-state index contributed by atoms with van der Waals surface area (Å²) in [6, 6.07) is 10.8. The van der Waals surface area contributed by atoms with Gasteiger partial charge in [0, 0.05) is 42.8 Å². The highest BCUT2D eigenvalue weighted by Gasteiger charge is 2.29. The lowest BCUT2D eigenvalue weighted by Crippen LogP contribution is -2.46. The first-order chi connectivity index (χ1) is 13.9. The van der Waals surface area contributed by atoms with Gasteiger partial charge in [0.2, 0.25) is 0 Å². The number of rotatable bonds is 5. The molecular formula is C24H33N3O2. The van der Waals surface area contributed by atoms with Crippen LogP contribution in [0.15, 0.2) is 42.7 Å². The molecule has 0 unspecified atom stereocenters. The summed E-state index contributed by atoms with van der Waals surface area (Å²) in [6.07, 6.45) is 10.5. The minimum absolute atomic E-state index is 0.0514. The predicted molar refractivity (Wildman–Crippen MR) is 116 cm³/mol. The van der Waals surface area contributed by atoms with Gasteiger partial charge in [-0.15, -0.1) is 0 Å². The Kier molecular flexibility index (Phi) is 5.68. The van der Waals surface area contributed by atoms with Crippen molar-refractivity contribution in [1.29, 1.82) is 0 Å². The quantitative estimate of drug-likeness (QED) is 0.816. The summed E-state index contributed by atoms with van der Waals surface area (Å²) in [5.41, 5.74) is 1.44. The molecule has 0 spiro atoms. The molecule has 5 nitrogen and oxygen atoms in total. The molecule has 1 aromatic carbocycles. The van der Waals surface area contributed by atoms with Crippen molar-refractivity contribution in [2.24, 2.45) is 0 Å². The number of carbonyl (C=O) groups excluding carboxylic acids is 1. The first-order valence-corrected chi connectivity index (χ1v) is 10.9. The van der Waals surface area contributed by atoms with Crippen LogP contribution in [-0.2, 0) is 0 Å². The summed E-state index contributed by atoms with van der Waals surface area (Å²) in [5.74, 6) is 0.873. The lowest BCUT2D eigenvalue weighted by Gasteiger charge is -2.41. The van der Waals surface area contributed by atoms with Crippen LogP contribution in [-0.4, -0.2) is 46.1 Å². The SMILES string of the molecule is CC(C)(C)NC(=O)c1ccn(-c2ccc(OC3CCN(C4CCC4)CC3)cc2)c1. The zero-order valence-electron chi connectivity index (χ0n) is 17.9. The monoisotopic (exact) mass is 395 g/mol. The number of nitrogens with zero attached hydrogens (tertiary/aromatic N) is 2. The number of piperidine rings is 1. The molecule has 1 aliphatic heterocycles. The van der Waals surface area contributed by atoms with Gasteiger partial charge in [-0.1, -0.05) is 6.42 Å². The Labute approximate surface area is 174 Å². The van der Waals surface area contributed by atoms with Crippen molar-refractivity contribution in [2.45, 2.75) is 70.6 Å². The van der Waals surface area contributed by atoms with Gasteiger partial charge in [0.05, 0.1) is 5.56 Å². The van der Waals surface area contributed by atoms with Gasteiger partial charge in [-0.2, -0.15) is 0 Å². The molecule has 1 aliphatic carbocycles. The molecule has 1 saturated carbocycles. The molecule has 2 heterocycles. The number of benzene rings is 1. The fourth-order valence-corrected chi connectivity index (χ4v) is 4.10. The summed E-state index contributed by atoms with van der Waals surface area (Å²) >= 11 is 0. The molecule has 2 aliphatic rings. The van der Waals surface area contributed by atoms with E-state index in [0.29, 0.717) is 11.7 Å². The van der Waals surface area contributed by atoms with E-state index in [2.05, 4.69) is 10.2 Å². The molecular weight excluding hydrogens is 362 g/mol. The first-order valence-electron chi connectivity index (χ1n) is 10.9. The number of nitrogens with one attached hydrogen (secondary N) is 1. The molecule has 1 aromatic heterocycles. The Hall–Kier alpha value is -2.27. The third kappa shape index (κ3) is 5.02.